The SMILES string of the molecule is C=CC(=O)Nc1cc(NC2=NC3C=CSC3=C(c3cn(C(C)(C)C)c4ccccc34)N2)c(OC)cc1N(C)CCN(C)C. The molecule has 9 nitrogen and oxygen atoms in total. The van der Waals surface area contributed by atoms with E-state index >= 15 is 0 Å². The number of carbonyl (C=O) groups excluding carboxylic acids is 1. The summed E-state index contributed by atoms with van der Waals surface area (Å²) in [6.45, 7) is 11.9. The Morgan fingerprint density at radius 1 is 1.19 bits per heavy atom. The number of hydrogen-bond donors (Lipinski definition) is 3. The van der Waals surface area contributed by atoms with Gasteiger partial charge in [-0.15, -0.1) is 0 Å². The number of carbonyl (C=O) groups is 1. The number of aromatic nitrogens is 1. The van der Waals surface area contributed by atoms with Crippen LogP contribution < -0.4 is 25.6 Å². The van der Waals surface area contributed by atoms with Gasteiger partial charge >= 0.3 is 0 Å². The zero-order valence-electron chi connectivity index (χ0n) is 26.0. The van der Waals surface area contributed by atoms with Crippen LogP contribution in [0.25, 0.3) is 16.6 Å². The third kappa shape index (κ3) is 6.30. The van der Waals surface area contributed by atoms with Gasteiger partial charge in [0, 0.05) is 59.3 Å². The van der Waals surface area contributed by atoms with E-state index in [4.69, 9.17) is 9.73 Å². The summed E-state index contributed by atoms with van der Waals surface area (Å²) in [5, 5.41) is 13.3. The van der Waals surface area contributed by atoms with Crippen molar-refractivity contribution in [3.05, 3.63) is 77.2 Å². The lowest BCUT2D eigenvalue weighted by atomic mass is 10.1. The summed E-state index contributed by atoms with van der Waals surface area (Å²) < 4.78 is 8.17. The maximum atomic E-state index is 12.4. The molecule has 0 saturated carbocycles. The molecule has 2 aliphatic rings. The maximum absolute atomic E-state index is 12.4. The molecule has 1 amide bonds. The lowest BCUT2D eigenvalue weighted by Crippen LogP contribution is -2.35. The molecule has 10 heteroatoms. The fourth-order valence-corrected chi connectivity index (χ4v) is 6.16. The monoisotopic (exact) mass is 599 g/mol. The van der Waals surface area contributed by atoms with Crippen LogP contribution in [0.5, 0.6) is 5.75 Å². The summed E-state index contributed by atoms with van der Waals surface area (Å²) in [6, 6.07) is 12.2. The number of hydrogen-bond acceptors (Lipinski definition) is 8. The number of para-hydroxylation sites is 1. The van der Waals surface area contributed by atoms with Crippen LogP contribution in [0.2, 0.25) is 0 Å². The molecule has 3 aromatic rings. The van der Waals surface area contributed by atoms with Crippen molar-refractivity contribution in [3.8, 4) is 5.75 Å². The van der Waals surface area contributed by atoms with E-state index in [0.717, 1.165) is 34.9 Å². The molecule has 3 N–H and O–H groups in total. The number of rotatable bonds is 9. The average Bonchev–Trinajstić information content (AvgIpc) is 3.60. The van der Waals surface area contributed by atoms with E-state index in [9.17, 15) is 4.79 Å². The molecule has 0 bridgehead atoms. The standard InChI is InChI=1S/C33H41N7O2S/c1-9-29(41)34-24-18-25(28(42-8)19-27(24)39(7)16-15-38(5)6)36-32-35-23-14-17-43-31(23)30(37-32)22-20-40(33(2,3)4)26-13-11-10-12-21(22)26/h9-14,17-20,23H,1,15-16H2,2-8H3,(H,34,41)(H2,35,36,37). The fraction of sp³-hybridized carbons (Fsp3) is 0.333. The zero-order chi connectivity index (χ0) is 30.9. The van der Waals surface area contributed by atoms with Crippen LogP contribution in [-0.4, -0.2) is 68.7 Å². The number of methoxy groups -OCH3 is 1. The smallest absolute Gasteiger partial charge is 0.247 e. The van der Waals surface area contributed by atoms with E-state index in [-0.39, 0.29) is 17.5 Å². The van der Waals surface area contributed by atoms with E-state index in [1.165, 1.54) is 17.0 Å². The second kappa shape index (κ2) is 12.2. The highest BCUT2D eigenvalue weighted by Gasteiger charge is 2.30. The first-order valence-corrected chi connectivity index (χ1v) is 15.2. The van der Waals surface area contributed by atoms with Crippen molar-refractivity contribution >= 4 is 57.3 Å². The molecule has 2 aromatic carbocycles. The molecule has 1 unspecified atom stereocenters. The predicted octanol–water partition coefficient (Wildman–Crippen LogP) is 5.90. The Labute approximate surface area is 258 Å². The van der Waals surface area contributed by atoms with Crippen LogP contribution in [0.4, 0.5) is 17.1 Å². The van der Waals surface area contributed by atoms with Crippen LogP contribution >= 0.6 is 11.8 Å². The van der Waals surface area contributed by atoms with Gasteiger partial charge in [-0.05, 0) is 64.6 Å². The van der Waals surface area contributed by atoms with Crippen molar-refractivity contribution in [3.63, 3.8) is 0 Å². The molecule has 3 heterocycles. The first-order chi connectivity index (χ1) is 20.5. The number of likely N-dealkylation sites (N-methyl/N-ethyl adjacent to an activating group) is 2. The highest BCUT2D eigenvalue weighted by Crippen LogP contribution is 2.42. The number of anilines is 3. The Kier molecular flexibility index (Phi) is 8.62. The van der Waals surface area contributed by atoms with Gasteiger partial charge in [0.1, 0.15) is 11.8 Å². The average molecular weight is 600 g/mol. The van der Waals surface area contributed by atoms with Gasteiger partial charge in [-0.3, -0.25) is 4.79 Å². The molecular weight excluding hydrogens is 558 g/mol. The van der Waals surface area contributed by atoms with Crippen LogP contribution in [-0.2, 0) is 10.3 Å². The van der Waals surface area contributed by atoms with E-state index in [0.29, 0.717) is 23.1 Å². The highest BCUT2D eigenvalue weighted by atomic mass is 32.2. The Balaban J connectivity index is 1.53. The molecule has 0 spiro atoms. The van der Waals surface area contributed by atoms with Gasteiger partial charge in [0.2, 0.25) is 11.9 Å². The minimum atomic E-state index is -0.287. The van der Waals surface area contributed by atoms with Gasteiger partial charge in [-0.25, -0.2) is 4.99 Å². The van der Waals surface area contributed by atoms with Crippen molar-refractivity contribution in [2.24, 2.45) is 4.99 Å². The minimum Gasteiger partial charge on any atom is -0.494 e. The number of guanidine groups is 1. The molecule has 0 aliphatic carbocycles. The highest BCUT2D eigenvalue weighted by molar-refractivity contribution is 8.06. The van der Waals surface area contributed by atoms with E-state index in [1.807, 2.05) is 33.3 Å². The van der Waals surface area contributed by atoms with E-state index < -0.39 is 0 Å². The van der Waals surface area contributed by atoms with Gasteiger partial charge < -0.3 is 35.1 Å². The third-order valence-corrected chi connectivity index (χ3v) is 8.49. The molecule has 43 heavy (non-hydrogen) atoms. The number of thioether (sulfide) groups is 1. The van der Waals surface area contributed by atoms with Gasteiger partial charge in [0.25, 0.3) is 0 Å². The summed E-state index contributed by atoms with van der Waals surface area (Å²) in [5.74, 6) is 0.936. The van der Waals surface area contributed by atoms with Crippen molar-refractivity contribution in [1.82, 2.24) is 14.8 Å². The van der Waals surface area contributed by atoms with Crippen molar-refractivity contribution < 1.29 is 9.53 Å². The Bertz CT molecular complexity index is 1640. The van der Waals surface area contributed by atoms with E-state index in [1.54, 1.807) is 18.9 Å². The summed E-state index contributed by atoms with van der Waals surface area (Å²) in [7, 11) is 7.71. The molecule has 5 rings (SSSR count). The van der Waals surface area contributed by atoms with Crippen LogP contribution in [0.3, 0.4) is 0 Å². The number of amides is 1. The number of ether oxygens (including phenoxy) is 1. The number of aliphatic imine (C=N–C) groups is 1. The summed E-state index contributed by atoms with van der Waals surface area (Å²) in [4.78, 5) is 22.8. The normalized spacial score (nSPS) is 16.2. The number of nitrogens with zero attached hydrogens (tertiary/aromatic N) is 4. The zero-order valence-corrected chi connectivity index (χ0v) is 26.8. The first kappa shape index (κ1) is 30.3. The van der Waals surface area contributed by atoms with Crippen molar-refractivity contribution in [2.75, 3.05) is 56.9 Å². The van der Waals surface area contributed by atoms with Gasteiger partial charge in [0.05, 0.1) is 29.9 Å². The second-order valence-electron chi connectivity index (χ2n) is 11.9. The summed E-state index contributed by atoms with van der Waals surface area (Å²) >= 11 is 1.70. The Morgan fingerprint density at radius 2 is 1.95 bits per heavy atom. The molecule has 0 radical (unpaired) electrons. The van der Waals surface area contributed by atoms with Crippen LogP contribution in [0, 0.1) is 0 Å². The molecular formula is C33H41N7O2S. The molecule has 226 valence electrons. The molecule has 0 fully saturated rings. The second-order valence-corrected chi connectivity index (χ2v) is 12.9. The van der Waals surface area contributed by atoms with Crippen LogP contribution in [0.1, 0.15) is 26.3 Å². The number of benzene rings is 2. The lowest BCUT2D eigenvalue weighted by molar-refractivity contribution is -0.111. The molecule has 2 aliphatic heterocycles. The quantitative estimate of drug-likeness (QED) is 0.264. The third-order valence-electron chi connectivity index (χ3n) is 7.49. The molecule has 0 saturated heterocycles. The number of nitrogens with one attached hydrogen (secondary N) is 3. The van der Waals surface area contributed by atoms with Gasteiger partial charge in [-0.1, -0.05) is 36.5 Å². The Morgan fingerprint density at radius 3 is 2.65 bits per heavy atom. The minimum absolute atomic E-state index is 0.0888. The number of fused-ring (bicyclic) bond motifs is 2. The van der Waals surface area contributed by atoms with Crippen LogP contribution in [0.15, 0.2) is 76.6 Å². The lowest BCUT2D eigenvalue weighted by Gasteiger charge is -2.27. The topological polar surface area (TPSA) is 86.2 Å². The summed E-state index contributed by atoms with van der Waals surface area (Å²) in [6.07, 6.45) is 5.62. The van der Waals surface area contributed by atoms with E-state index in [2.05, 4.69) is 99.6 Å². The maximum Gasteiger partial charge on any atom is 0.247 e. The fourth-order valence-electron chi connectivity index (χ4n) is 5.23. The predicted molar refractivity (Wildman–Crippen MR) is 182 cm³/mol. The Hall–Kier alpha value is -4.15. The van der Waals surface area contributed by atoms with Crippen molar-refractivity contribution in [2.45, 2.75) is 32.4 Å². The molecule has 1 atom stereocenters. The van der Waals surface area contributed by atoms with Gasteiger partial charge in [-0.2, -0.15) is 0 Å². The summed E-state index contributed by atoms with van der Waals surface area (Å²) in [5.41, 5.74) is 5.40. The van der Waals surface area contributed by atoms with Crippen molar-refractivity contribution in [1.29, 1.82) is 0 Å². The van der Waals surface area contributed by atoms with Gasteiger partial charge in [0.15, 0.2) is 0 Å². The first-order valence-electron chi connectivity index (χ1n) is 14.3. The largest absolute Gasteiger partial charge is 0.494 e. The molecule has 1 aromatic heterocycles.